The first-order chi connectivity index (χ1) is 6.66. The van der Waals surface area contributed by atoms with Gasteiger partial charge in [0.25, 0.3) is 0 Å². The molecule has 1 unspecified atom stereocenters. The standard InChI is InChI=1S/C12H13NO/c1-8-5-11-6-10(9(2)14)3-4-12(11)13-7-8/h3-7,9,14H,1-2H3. The summed E-state index contributed by atoms with van der Waals surface area (Å²) < 4.78 is 0. The number of hydrogen-bond donors (Lipinski definition) is 1. The number of benzene rings is 1. The summed E-state index contributed by atoms with van der Waals surface area (Å²) in [4.78, 5) is 4.30. The van der Waals surface area contributed by atoms with Crippen molar-refractivity contribution in [1.82, 2.24) is 4.98 Å². The van der Waals surface area contributed by atoms with Crippen LogP contribution in [0.4, 0.5) is 0 Å². The minimum absolute atomic E-state index is 0.417. The number of rotatable bonds is 1. The van der Waals surface area contributed by atoms with Crippen molar-refractivity contribution in [2.24, 2.45) is 0 Å². The molecule has 1 aromatic heterocycles. The van der Waals surface area contributed by atoms with Gasteiger partial charge in [0, 0.05) is 11.6 Å². The summed E-state index contributed by atoms with van der Waals surface area (Å²) in [5.41, 5.74) is 3.05. The maximum atomic E-state index is 9.43. The van der Waals surface area contributed by atoms with Gasteiger partial charge in [0.15, 0.2) is 0 Å². The molecular formula is C12H13NO. The van der Waals surface area contributed by atoms with Gasteiger partial charge in [0.1, 0.15) is 0 Å². The Hall–Kier alpha value is -1.41. The number of fused-ring (bicyclic) bond motifs is 1. The largest absolute Gasteiger partial charge is 0.389 e. The number of nitrogens with zero attached hydrogens (tertiary/aromatic N) is 1. The van der Waals surface area contributed by atoms with E-state index in [1.807, 2.05) is 31.3 Å². The third kappa shape index (κ3) is 1.61. The molecule has 0 radical (unpaired) electrons. The molecule has 0 bridgehead atoms. The molecule has 14 heavy (non-hydrogen) atoms. The molecule has 1 N–H and O–H groups in total. The van der Waals surface area contributed by atoms with E-state index in [0.717, 1.165) is 22.0 Å². The molecule has 0 saturated carbocycles. The summed E-state index contributed by atoms with van der Waals surface area (Å²) in [5.74, 6) is 0. The molecule has 1 atom stereocenters. The van der Waals surface area contributed by atoms with E-state index >= 15 is 0 Å². The highest BCUT2D eigenvalue weighted by molar-refractivity contribution is 5.79. The average Bonchev–Trinajstić information content (AvgIpc) is 2.16. The van der Waals surface area contributed by atoms with Crippen molar-refractivity contribution in [1.29, 1.82) is 0 Å². The molecule has 0 aliphatic carbocycles. The van der Waals surface area contributed by atoms with Crippen LogP contribution >= 0.6 is 0 Å². The summed E-state index contributed by atoms with van der Waals surface area (Å²) in [6.45, 7) is 3.78. The van der Waals surface area contributed by atoms with Crippen molar-refractivity contribution < 1.29 is 5.11 Å². The molecule has 2 nitrogen and oxygen atoms in total. The molecule has 0 aliphatic heterocycles. The van der Waals surface area contributed by atoms with E-state index in [1.165, 1.54) is 0 Å². The highest BCUT2D eigenvalue weighted by Crippen LogP contribution is 2.19. The zero-order chi connectivity index (χ0) is 10.1. The Morgan fingerprint density at radius 1 is 1.29 bits per heavy atom. The lowest BCUT2D eigenvalue weighted by Crippen LogP contribution is -1.91. The van der Waals surface area contributed by atoms with E-state index in [4.69, 9.17) is 0 Å². The second-order valence-corrected chi connectivity index (χ2v) is 3.64. The Balaban J connectivity index is 2.63. The highest BCUT2D eigenvalue weighted by atomic mass is 16.3. The van der Waals surface area contributed by atoms with Gasteiger partial charge in [0.2, 0.25) is 0 Å². The third-order valence-corrected chi connectivity index (χ3v) is 2.32. The number of pyridine rings is 1. The van der Waals surface area contributed by atoms with Crippen LogP contribution in [0.5, 0.6) is 0 Å². The summed E-state index contributed by atoms with van der Waals surface area (Å²) in [6.07, 6.45) is 1.43. The van der Waals surface area contributed by atoms with Crippen LogP contribution in [0.25, 0.3) is 10.9 Å². The Morgan fingerprint density at radius 3 is 2.79 bits per heavy atom. The fourth-order valence-electron chi connectivity index (χ4n) is 1.52. The van der Waals surface area contributed by atoms with Crippen molar-refractivity contribution in [3.05, 3.63) is 41.6 Å². The summed E-state index contributed by atoms with van der Waals surface area (Å²) in [7, 11) is 0. The predicted molar refractivity (Wildman–Crippen MR) is 57.1 cm³/mol. The zero-order valence-corrected chi connectivity index (χ0v) is 8.36. The van der Waals surface area contributed by atoms with E-state index in [0.29, 0.717) is 0 Å². The summed E-state index contributed by atoms with van der Waals surface area (Å²) in [5, 5.41) is 10.5. The molecule has 0 saturated heterocycles. The van der Waals surface area contributed by atoms with E-state index in [9.17, 15) is 5.11 Å². The van der Waals surface area contributed by atoms with Crippen LogP contribution in [0, 0.1) is 6.92 Å². The van der Waals surface area contributed by atoms with Crippen molar-refractivity contribution in [2.75, 3.05) is 0 Å². The third-order valence-electron chi connectivity index (χ3n) is 2.32. The topological polar surface area (TPSA) is 33.1 Å². The lowest BCUT2D eigenvalue weighted by atomic mass is 10.1. The van der Waals surface area contributed by atoms with Crippen molar-refractivity contribution in [2.45, 2.75) is 20.0 Å². The summed E-state index contributed by atoms with van der Waals surface area (Å²) in [6, 6.07) is 7.92. The van der Waals surface area contributed by atoms with Crippen molar-refractivity contribution in [3.8, 4) is 0 Å². The molecule has 0 aliphatic rings. The lowest BCUT2D eigenvalue weighted by Gasteiger charge is -2.05. The van der Waals surface area contributed by atoms with Crippen LogP contribution in [-0.2, 0) is 0 Å². The molecule has 2 aromatic rings. The molecule has 1 heterocycles. The van der Waals surface area contributed by atoms with Gasteiger partial charge in [-0.05, 0) is 43.2 Å². The minimum atomic E-state index is -0.417. The zero-order valence-electron chi connectivity index (χ0n) is 8.36. The quantitative estimate of drug-likeness (QED) is 0.744. The maximum Gasteiger partial charge on any atom is 0.0762 e. The van der Waals surface area contributed by atoms with Crippen LogP contribution in [-0.4, -0.2) is 10.1 Å². The Labute approximate surface area is 83.2 Å². The van der Waals surface area contributed by atoms with Crippen LogP contribution < -0.4 is 0 Å². The number of aryl methyl sites for hydroxylation is 1. The molecule has 72 valence electrons. The highest BCUT2D eigenvalue weighted by Gasteiger charge is 2.02. The SMILES string of the molecule is Cc1cnc2ccc(C(C)O)cc2c1. The van der Waals surface area contributed by atoms with Gasteiger partial charge < -0.3 is 5.11 Å². The van der Waals surface area contributed by atoms with E-state index < -0.39 is 6.10 Å². The van der Waals surface area contributed by atoms with Crippen LogP contribution in [0.1, 0.15) is 24.2 Å². The van der Waals surface area contributed by atoms with Crippen LogP contribution in [0.3, 0.4) is 0 Å². The first-order valence-electron chi connectivity index (χ1n) is 4.71. The number of aliphatic hydroxyl groups excluding tert-OH is 1. The average molecular weight is 187 g/mol. The maximum absolute atomic E-state index is 9.43. The molecule has 0 fully saturated rings. The number of hydrogen-bond acceptors (Lipinski definition) is 2. The normalized spacial score (nSPS) is 13.1. The van der Waals surface area contributed by atoms with Gasteiger partial charge in [-0.3, -0.25) is 4.98 Å². The Kier molecular flexibility index (Phi) is 2.22. The smallest absolute Gasteiger partial charge is 0.0762 e. The van der Waals surface area contributed by atoms with Gasteiger partial charge >= 0.3 is 0 Å². The number of aliphatic hydroxyl groups is 1. The molecule has 0 amide bonds. The van der Waals surface area contributed by atoms with Gasteiger partial charge in [-0.1, -0.05) is 6.07 Å². The second-order valence-electron chi connectivity index (χ2n) is 3.64. The van der Waals surface area contributed by atoms with Crippen LogP contribution in [0.15, 0.2) is 30.5 Å². The monoisotopic (exact) mass is 187 g/mol. The number of aromatic nitrogens is 1. The van der Waals surface area contributed by atoms with Crippen LogP contribution in [0.2, 0.25) is 0 Å². The Morgan fingerprint density at radius 2 is 2.07 bits per heavy atom. The van der Waals surface area contributed by atoms with Crippen molar-refractivity contribution >= 4 is 10.9 Å². The lowest BCUT2D eigenvalue weighted by molar-refractivity contribution is 0.199. The van der Waals surface area contributed by atoms with Gasteiger partial charge in [0.05, 0.1) is 11.6 Å². The van der Waals surface area contributed by atoms with E-state index in [-0.39, 0.29) is 0 Å². The van der Waals surface area contributed by atoms with Gasteiger partial charge in [-0.15, -0.1) is 0 Å². The molecular weight excluding hydrogens is 174 g/mol. The second kappa shape index (κ2) is 3.39. The van der Waals surface area contributed by atoms with Gasteiger partial charge in [-0.2, -0.15) is 0 Å². The molecule has 1 aromatic carbocycles. The Bertz CT molecular complexity index is 463. The van der Waals surface area contributed by atoms with E-state index in [2.05, 4.69) is 11.1 Å². The minimum Gasteiger partial charge on any atom is -0.389 e. The predicted octanol–water partition coefficient (Wildman–Crippen LogP) is 2.60. The fraction of sp³-hybridized carbons (Fsp3) is 0.250. The molecule has 2 rings (SSSR count). The van der Waals surface area contributed by atoms with E-state index in [1.54, 1.807) is 6.92 Å². The summed E-state index contributed by atoms with van der Waals surface area (Å²) >= 11 is 0. The fourth-order valence-corrected chi connectivity index (χ4v) is 1.52. The first-order valence-corrected chi connectivity index (χ1v) is 4.71. The van der Waals surface area contributed by atoms with Crippen molar-refractivity contribution in [3.63, 3.8) is 0 Å². The van der Waals surface area contributed by atoms with Gasteiger partial charge in [-0.25, -0.2) is 0 Å². The molecule has 2 heteroatoms. The molecule has 0 spiro atoms. The first kappa shape index (κ1) is 9.16.